The molecule has 0 aromatic carbocycles. The largest absolute Gasteiger partial charge is 0.396 e. The van der Waals surface area contributed by atoms with Crippen molar-refractivity contribution in [3.63, 3.8) is 0 Å². The fourth-order valence-corrected chi connectivity index (χ4v) is 1.49. The molecule has 4 nitrogen and oxygen atoms in total. The molecule has 0 aliphatic carbocycles. The molecule has 1 aliphatic heterocycles. The van der Waals surface area contributed by atoms with Crippen LogP contribution in [0.5, 0.6) is 0 Å². The Kier molecular flexibility index (Phi) is 3.49. The van der Waals surface area contributed by atoms with E-state index in [0.717, 1.165) is 26.1 Å². The van der Waals surface area contributed by atoms with Gasteiger partial charge in [0, 0.05) is 32.7 Å². The Hall–Kier alpha value is -0.610. The number of nitrogens with zero attached hydrogens (tertiary/aromatic N) is 2. The van der Waals surface area contributed by atoms with E-state index >= 15 is 0 Å². The van der Waals surface area contributed by atoms with Crippen LogP contribution in [0.3, 0.4) is 0 Å². The minimum Gasteiger partial charge on any atom is -0.396 e. The summed E-state index contributed by atoms with van der Waals surface area (Å²) in [6.07, 6.45) is 1.36. The molecule has 1 N–H and O–H groups in total. The second kappa shape index (κ2) is 4.42. The zero-order chi connectivity index (χ0) is 8.97. The fourth-order valence-electron chi connectivity index (χ4n) is 1.49. The van der Waals surface area contributed by atoms with Crippen molar-refractivity contribution in [2.75, 3.05) is 26.2 Å². The van der Waals surface area contributed by atoms with Crippen LogP contribution in [0, 0.1) is 0 Å². The number of carbonyl (C=O) groups excluding carboxylic acids is 1. The van der Waals surface area contributed by atoms with Gasteiger partial charge in [0.1, 0.15) is 0 Å². The molecule has 1 fully saturated rings. The zero-order valence-electron chi connectivity index (χ0n) is 7.49. The number of carbonyl (C=O) groups is 1. The molecule has 70 valence electrons. The third-order valence-corrected chi connectivity index (χ3v) is 2.09. The summed E-state index contributed by atoms with van der Waals surface area (Å²) in [5.41, 5.74) is 0. The molecule has 1 heterocycles. The first kappa shape index (κ1) is 9.48. The molecule has 1 rings (SSSR count). The molecule has 1 saturated heterocycles. The average Bonchev–Trinajstić information content (AvgIpc) is 2.43. The molecule has 0 aromatic rings. The maximum atomic E-state index is 11.2. The maximum absolute atomic E-state index is 11.2. The number of hydrogen-bond donors (Lipinski definition) is 1. The molecule has 0 aromatic heterocycles. The fraction of sp³-hybridized carbons (Fsp3) is 0.875. The van der Waals surface area contributed by atoms with Gasteiger partial charge in [0.05, 0.1) is 0 Å². The Balaban J connectivity index is 2.38. The van der Waals surface area contributed by atoms with E-state index in [1.54, 1.807) is 5.01 Å². The topological polar surface area (TPSA) is 43.8 Å². The van der Waals surface area contributed by atoms with Crippen LogP contribution in [0.2, 0.25) is 0 Å². The van der Waals surface area contributed by atoms with Gasteiger partial charge in [-0.1, -0.05) is 0 Å². The minimum absolute atomic E-state index is 0.197. The van der Waals surface area contributed by atoms with Crippen molar-refractivity contribution in [3.05, 3.63) is 0 Å². The first-order chi connectivity index (χ1) is 5.79. The van der Waals surface area contributed by atoms with E-state index in [-0.39, 0.29) is 12.5 Å². The second-order valence-corrected chi connectivity index (χ2v) is 2.89. The molecule has 0 bridgehead atoms. The second-order valence-electron chi connectivity index (χ2n) is 2.89. The van der Waals surface area contributed by atoms with Crippen molar-refractivity contribution < 1.29 is 9.90 Å². The normalized spacial score (nSPS) is 19.2. The summed E-state index contributed by atoms with van der Waals surface area (Å²) in [5.74, 6) is 0.204. The van der Waals surface area contributed by atoms with Crippen LogP contribution in [-0.2, 0) is 4.79 Å². The predicted molar refractivity (Wildman–Crippen MR) is 45.3 cm³/mol. The molecule has 0 saturated carbocycles. The summed E-state index contributed by atoms with van der Waals surface area (Å²) in [7, 11) is 0. The number of aliphatic hydroxyl groups is 1. The van der Waals surface area contributed by atoms with Crippen molar-refractivity contribution in [3.8, 4) is 0 Å². The lowest BCUT2D eigenvalue weighted by Gasteiger charge is -2.26. The SMILES string of the molecule is CCN1C(=O)CCN1CCCO. The van der Waals surface area contributed by atoms with Gasteiger partial charge in [0.25, 0.3) is 0 Å². The van der Waals surface area contributed by atoms with Crippen molar-refractivity contribution in [1.29, 1.82) is 0 Å². The summed E-state index contributed by atoms with van der Waals surface area (Å²) >= 11 is 0. The molecular formula is C8H16N2O2. The number of hydrogen-bond acceptors (Lipinski definition) is 3. The molecule has 0 spiro atoms. The lowest BCUT2D eigenvalue weighted by atomic mass is 10.4. The Morgan fingerprint density at radius 1 is 1.58 bits per heavy atom. The molecule has 0 atom stereocenters. The van der Waals surface area contributed by atoms with Crippen molar-refractivity contribution in [2.24, 2.45) is 0 Å². The Labute approximate surface area is 72.7 Å². The van der Waals surface area contributed by atoms with E-state index in [1.165, 1.54) is 0 Å². The Morgan fingerprint density at radius 2 is 2.33 bits per heavy atom. The van der Waals surface area contributed by atoms with Crippen LogP contribution in [0.15, 0.2) is 0 Å². The maximum Gasteiger partial charge on any atom is 0.238 e. The number of amides is 1. The van der Waals surface area contributed by atoms with Gasteiger partial charge in [-0.2, -0.15) is 0 Å². The van der Waals surface area contributed by atoms with Crippen LogP contribution < -0.4 is 0 Å². The first-order valence-electron chi connectivity index (χ1n) is 4.45. The highest BCUT2D eigenvalue weighted by molar-refractivity contribution is 5.77. The van der Waals surface area contributed by atoms with Crippen LogP contribution >= 0.6 is 0 Å². The highest BCUT2D eigenvalue weighted by Gasteiger charge is 2.26. The van der Waals surface area contributed by atoms with Crippen LogP contribution in [-0.4, -0.2) is 47.3 Å². The summed E-state index contributed by atoms with van der Waals surface area (Å²) in [4.78, 5) is 11.2. The smallest absolute Gasteiger partial charge is 0.238 e. The average molecular weight is 172 g/mol. The van der Waals surface area contributed by atoms with E-state index in [9.17, 15) is 4.79 Å². The summed E-state index contributed by atoms with van der Waals surface area (Å²) in [6.45, 7) is 4.50. The van der Waals surface area contributed by atoms with Crippen molar-refractivity contribution >= 4 is 5.91 Å². The summed E-state index contributed by atoms with van der Waals surface area (Å²) < 4.78 is 0. The standard InChI is InChI=1S/C8H16N2O2/c1-2-10-8(12)4-6-9(10)5-3-7-11/h11H,2-7H2,1H3. The van der Waals surface area contributed by atoms with Crippen molar-refractivity contribution in [2.45, 2.75) is 19.8 Å². The van der Waals surface area contributed by atoms with Gasteiger partial charge in [-0.05, 0) is 13.3 Å². The molecule has 1 amide bonds. The highest BCUT2D eigenvalue weighted by atomic mass is 16.3. The van der Waals surface area contributed by atoms with Crippen molar-refractivity contribution in [1.82, 2.24) is 10.0 Å². The monoisotopic (exact) mass is 172 g/mol. The van der Waals surface area contributed by atoms with Gasteiger partial charge >= 0.3 is 0 Å². The molecule has 1 aliphatic rings. The van der Waals surface area contributed by atoms with Gasteiger partial charge in [-0.3, -0.25) is 9.80 Å². The summed E-state index contributed by atoms with van der Waals surface area (Å²) in [6, 6.07) is 0. The Bertz CT molecular complexity index is 161. The Morgan fingerprint density at radius 3 is 2.92 bits per heavy atom. The molecule has 0 unspecified atom stereocenters. The van der Waals surface area contributed by atoms with E-state index in [2.05, 4.69) is 0 Å². The van der Waals surface area contributed by atoms with Gasteiger partial charge in [0.2, 0.25) is 5.91 Å². The van der Waals surface area contributed by atoms with Crippen LogP contribution in [0.1, 0.15) is 19.8 Å². The van der Waals surface area contributed by atoms with Gasteiger partial charge in [-0.25, -0.2) is 5.01 Å². The van der Waals surface area contributed by atoms with Crippen LogP contribution in [0.25, 0.3) is 0 Å². The highest BCUT2D eigenvalue weighted by Crippen LogP contribution is 2.11. The zero-order valence-corrected chi connectivity index (χ0v) is 7.49. The first-order valence-corrected chi connectivity index (χ1v) is 4.45. The number of rotatable bonds is 4. The predicted octanol–water partition coefficient (Wildman–Crippen LogP) is -0.162. The van der Waals surface area contributed by atoms with Gasteiger partial charge < -0.3 is 5.11 Å². The lowest BCUT2D eigenvalue weighted by molar-refractivity contribution is -0.137. The number of hydrazine groups is 1. The summed E-state index contributed by atoms with van der Waals surface area (Å²) in [5, 5.41) is 12.4. The lowest BCUT2D eigenvalue weighted by Crippen LogP contribution is -2.39. The van der Waals surface area contributed by atoms with E-state index < -0.39 is 0 Å². The number of aliphatic hydroxyl groups excluding tert-OH is 1. The third-order valence-electron chi connectivity index (χ3n) is 2.09. The molecule has 0 radical (unpaired) electrons. The van der Waals surface area contributed by atoms with Crippen LogP contribution in [0.4, 0.5) is 0 Å². The van der Waals surface area contributed by atoms with E-state index in [0.29, 0.717) is 6.42 Å². The van der Waals surface area contributed by atoms with E-state index in [4.69, 9.17) is 5.11 Å². The minimum atomic E-state index is 0.197. The van der Waals surface area contributed by atoms with E-state index in [1.807, 2.05) is 11.9 Å². The van der Waals surface area contributed by atoms with Gasteiger partial charge in [-0.15, -0.1) is 0 Å². The third kappa shape index (κ3) is 1.95. The molecular weight excluding hydrogens is 156 g/mol. The van der Waals surface area contributed by atoms with Gasteiger partial charge in [0.15, 0.2) is 0 Å². The quantitative estimate of drug-likeness (QED) is 0.640. The molecule has 12 heavy (non-hydrogen) atoms. The molecule has 4 heteroatoms.